The first kappa shape index (κ1) is 14.6. The highest BCUT2D eigenvalue weighted by Crippen LogP contribution is 2.32. The van der Waals surface area contributed by atoms with E-state index >= 15 is 0 Å². The van der Waals surface area contributed by atoms with Gasteiger partial charge in [-0.05, 0) is 36.8 Å². The molecule has 0 spiro atoms. The van der Waals surface area contributed by atoms with Crippen molar-refractivity contribution in [1.82, 2.24) is 0 Å². The first-order valence-corrected chi connectivity index (χ1v) is 7.66. The van der Waals surface area contributed by atoms with Crippen LogP contribution in [0.4, 0.5) is 17.1 Å². The van der Waals surface area contributed by atoms with Crippen molar-refractivity contribution in [2.24, 2.45) is 5.14 Å². The first-order valence-electron chi connectivity index (χ1n) is 5.73. The first-order chi connectivity index (χ1) is 9.29. The third-order valence-electron chi connectivity index (χ3n) is 2.79. The van der Waals surface area contributed by atoms with Crippen molar-refractivity contribution in [3.63, 3.8) is 0 Å². The zero-order chi connectivity index (χ0) is 14.9. The van der Waals surface area contributed by atoms with Crippen molar-refractivity contribution in [2.45, 2.75) is 11.8 Å². The lowest BCUT2D eigenvalue weighted by Crippen LogP contribution is -2.14. The molecule has 7 heteroatoms. The molecule has 0 unspecified atom stereocenters. The van der Waals surface area contributed by atoms with E-state index in [2.05, 4.69) is 5.32 Å². The van der Waals surface area contributed by atoms with E-state index in [1.807, 2.05) is 19.1 Å². The molecule has 2 aromatic rings. The average Bonchev–Trinajstić information content (AvgIpc) is 2.34. The Labute approximate surface area is 122 Å². The fraction of sp³-hybridized carbons (Fsp3) is 0.0769. The van der Waals surface area contributed by atoms with Gasteiger partial charge in [-0.3, -0.25) is 0 Å². The van der Waals surface area contributed by atoms with E-state index in [9.17, 15) is 8.42 Å². The molecule has 5 N–H and O–H groups in total. The molecule has 0 radical (unpaired) electrons. The summed E-state index contributed by atoms with van der Waals surface area (Å²) < 4.78 is 23.2. The molecule has 0 amide bonds. The molecule has 0 aliphatic carbocycles. The molecule has 0 aromatic heterocycles. The lowest BCUT2D eigenvalue weighted by molar-refractivity contribution is 0.598. The topological polar surface area (TPSA) is 98.2 Å². The van der Waals surface area contributed by atoms with Crippen LogP contribution in [0.3, 0.4) is 0 Å². The standard InChI is InChI=1S/C13H14ClN3O2S/c1-8-3-2-4-10(14)13(8)17-11-6-5-9(15)7-12(11)20(16,18)19/h2-7,17H,15H2,1H3,(H2,16,18,19). The van der Waals surface area contributed by atoms with E-state index in [0.717, 1.165) is 5.56 Å². The number of nitrogen functional groups attached to an aromatic ring is 1. The SMILES string of the molecule is Cc1cccc(Cl)c1Nc1ccc(N)cc1S(N)(=O)=O. The number of hydrogen-bond acceptors (Lipinski definition) is 4. The number of para-hydroxylation sites is 1. The number of primary sulfonamides is 1. The third kappa shape index (κ3) is 3.04. The summed E-state index contributed by atoms with van der Waals surface area (Å²) in [6.45, 7) is 1.86. The van der Waals surface area contributed by atoms with Crippen LogP contribution in [-0.2, 0) is 10.0 Å². The maximum atomic E-state index is 11.6. The predicted octanol–water partition coefficient (Wildman–Crippen LogP) is 2.62. The van der Waals surface area contributed by atoms with Crippen LogP contribution in [-0.4, -0.2) is 8.42 Å². The Kier molecular flexibility index (Phi) is 3.89. The summed E-state index contributed by atoms with van der Waals surface area (Å²) in [4.78, 5) is -0.0724. The minimum atomic E-state index is -3.89. The summed E-state index contributed by atoms with van der Waals surface area (Å²) in [5, 5.41) is 8.68. The molecule has 5 nitrogen and oxygen atoms in total. The Balaban J connectivity index is 2.55. The van der Waals surface area contributed by atoms with E-state index in [1.54, 1.807) is 18.2 Å². The minimum Gasteiger partial charge on any atom is -0.399 e. The summed E-state index contributed by atoms with van der Waals surface area (Å²) in [5.74, 6) is 0. The highest BCUT2D eigenvalue weighted by Gasteiger charge is 2.16. The van der Waals surface area contributed by atoms with Gasteiger partial charge in [-0.2, -0.15) is 0 Å². The molecule has 0 saturated carbocycles. The van der Waals surface area contributed by atoms with Crippen LogP contribution in [0.2, 0.25) is 5.02 Å². The van der Waals surface area contributed by atoms with Crippen LogP contribution in [0, 0.1) is 6.92 Å². The van der Waals surface area contributed by atoms with Gasteiger partial charge >= 0.3 is 0 Å². The number of rotatable bonds is 3. The zero-order valence-electron chi connectivity index (χ0n) is 10.7. The molecule has 0 heterocycles. The lowest BCUT2D eigenvalue weighted by Gasteiger charge is -2.14. The van der Waals surface area contributed by atoms with Gasteiger partial charge in [-0.15, -0.1) is 0 Å². The van der Waals surface area contributed by atoms with Crippen LogP contribution >= 0.6 is 11.6 Å². The number of nitrogens with one attached hydrogen (secondary N) is 1. The van der Waals surface area contributed by atoms with Gasteiger partial charge in [0, 0.05) is 5.69 Å². The fourth-order valence-electron chi connectivity index (χ4n) is 1.80. The largest absolute Gasteiger partial charge is 0.399 e. The zero-order valence-corrected chi connectivity index (χ0v) is 12.3. The van der Waals surface area contributed by atoms with E-state index in [1.165, 1.54) is 6.07 Å². The van der Waals surface area contributed by atoms with Gasteiger partial charge in [0.25, 0.3) is 0 Å². The van der Waals surface area contributed by atoms with Gasteiger partial charge in [0.1, 0.15) is 4.90 Å². The highest BCUT2D eigenvalue weighted by atomic mass is 35.5. The number of aryl methyl sites for hydroxylation is 1. The van der Waals surface area contributed by atoms with Crippen LogP contribution in [0.5, 0.6) is 0 Å². The lowest BCUT2D eigenvalue weighted by atomic mass is 10.2. The Morgan fingerprint density at radius 2 is 1.90 bits per heavy atom. The molecule has 0 atom stereocenters. The van der Waals surface area contributed by atoms with E-state index < -0.39 is 10.0 Å². The fourth-order valence-corrected chi connectivity index (χ4v) is 2.80. The molecular weight excluding hydrogens is 298 g/mol. The van der Waals surface area contributed by atoms with Crippen molar-refractivity contribution < 1.29 is 8.42 Å². The maximum Gasteiger partial charge on any atom is 0.240 e. The number of benzene rings is 2. The summed E-state index contributed by atoms with van der Waals surface area (Å²) >= 11 is 6.11. The van der Waals surface area contributed by atoms with E-state index in [0.29, 0.717) is 22.1 Å². The Bertz CT molecular complexity index is 740. The number of sulfonamides is 1. The van der Waals surface area contributed by atoms with Crippen LogP contribution in [0.15, 0.2) is 41.3 Å². The Hall–Kier alpha value is -1.76. The van der Waals surface area contributed by atoms with Crippen molar-refractivity contribution >= 4 is 38.7 Å². The Morgan fingerprint density at radius 3 is 2.50 bits per heavy atom. The minimum absolute atomic E-state index is 0.0724. The van der Waals surface area contributed by atoms with E-state index in [4.69, 9.17) is 22.5 Å². The number of halogens is 1. The van der Waals surface area contributed by atoms with Crippen molar-refractivity contribution in [3.05, 3.63) is 47.0 Å². The quantitative estimate of drug-likeness (QED) is 0.759. The van der Waals surface area contributed by atoms with E-state index in [-0.39, 0.29) is 4.90 Å². The maximum absolute atomic E-state index is 11.6. The monoisotopic (exact) mass is 311 g/mol. The molecule has 0 saturated heterocycles. The molecule has 0 fully saturated rings. The van der Waals surface area contributed by atoms with Gasteiger partial charge in [0.05, 0.1) is 16.4 Å². The molecular formula is C13H14ClN3O2S. The molecule has 2 aromatic carbocycles. The van der Waals surface area contributed by atoms with Gasteiger partial charge in [-0.25, -0.2) is 13.6 Å². The second-order valence-electron chi connectivity index (χ2n) is 4.36. The van der Waals surface area contributed by atoms with Crippen molar-refractivity contribution in [1.29, 1.82) is 0 Å². The summed E-state index contributed by atoms with van der Waals surface area (Å²) in [7, 11) is -3.89. The van der Waals surface area contributed by atoms with Gasteiger partial charge < -0.3 is 11.1 Å². The molecule has 0 aliphatic rings. The third-order valence-corrected chi connectivity index (χ3v) is 4.06. The molecule has 106 valence electrons. The van der Waals surface area contributed by atoms with Crippen LogP contribution < -0.4 is 16.2 Å². The average molecular weight is 312 g/mol. The predicted molar refractivity (Wildman–Crippen MR) is 81.7 cm³/mol. The highest BCUT2D eigenvalue weighted by molar-refractivity contribution is 7.89. The van der Waals surface area contributed by atoms with Crippen LogP contribution in [0.1, 0.15) is 5.56 Å². The number of hydrogen-bond donors (Lipinski definition) is 3. The second-order valence-corrected chi connectivity index (χ2v) is 6.29. The van der Waals surface area contributed by atoms with Crippen molar-refractivity contribution in [2.75, 3.05) is 11.1 Å². The normalized spacial score (nSPS) is 11.3. The van der Waals surface area contributed by atoms with Gasteiger partial charge in [-0.1, -0.05) is 23.7 Å². The number of anilines is 3. The van der Waals surface area contributed by atoms with Gasteiger partial charge in [0.2, 0.25) is 10.0 Å². The molecule has 2 rings (SSSR count). The van der Waals surface area contributed by atoms with Gasteiger partial charge in [0.15, 0.2) is 0 Å². The summed E-state index contributed by atoms with van der Waals surface area (Å²) in [6, 6.07) is 9.84. The molecule has 0 aliphatic heterocycles. The molecule has 0 bridgehead atoms. The second kappa shape index (κ2) is 5.32. The smallest absolute Gasteiger partial charge is 0.240 e. The molecule has 20 heavy (non-hydrogen) atoms. The van der Waals surface area contributed by atoms with Crippen LogP contribution in [0.25, 0.3) is 0 Å². The number of nitrogens with two attached hydrogens (primary N) is 2. The summed E-state index contributed by atoms with van der Waals surface area (Å²) in [5.41, 5.74) is 7.76. The Morgan fingerprint density at radius 1 is 1.20 bits per heavy atom. The summed E-state index contributed by atoms with van der Waals surface area (Å²) in [6.07, 6.45) is 0. The van der Waals surface area contributed by atoms with Crippen molar-refractivity contribution in [3.8, 4) is 0 Å².